The molecular weight excluding hydrogens is 358 g/mol. The van der Waals surface area contributed by atoms with Gasteiger partial charge in [0.15, 0.2) is 9.84 Å². The molecule has 0 aliphatic heterocycles. The van der Waals surface area contributed by atoms with E-state index in [1.165, 1.54) is 24.3 Å². The normalized spacial score (nSPS) is 12.2. The van der Waals surface area contributed by atoms with Crippen molar-refractivity contribution in [3.05, 3.63) is 66.7 Å². The molecule has 0 aliphatic rings. The van der Waals surface area contributed by atoms with Crippen LogP contribution >= 0.6 is 0 Å². The predicted molar refractivity (Wildman–Crippen MR) is 98.9 cm³/mol. The molecule has 0 unspecified atom stereocenters. The SMILES string of the molecule is CCS(=O)(=O)c1ccc(S(=O)(=O)Nc2cccc3ccccc23)cc1. The van der Waals surface area contributed by atoms with Crippen LogP contribution in [0.5, 0.6) is 0 Å². The molecule has 3 aromatic rings. The van der Waals surface area contributed by atoms with Gasteiger partial charge in [0.2, 0.25) is 0 Å². The molecule has 0 aliphatic carbocycles. The summed E-state index contributed by atoms with van der Waals surface area (Å²) >= 11 is 0. The quantitative estimate of drug-likeness (QED) is 0.741. The first-order valence-electron chi connectivity index (χ1n) is 7.67. The third-order valence-corrected chi connectivity index (χ3v) is 7.04. The van der Waals surface area contributed by atoms with Crippen molar-refractivity contribution in [2.24, 2.45) is 0 Å². The lowest BCUT2D eigenvalue weighted by Crippen LogP contribution is -2.13. The first-order valence-corrected chi connectivity index (χ1v) is 10.8. The second-order valence-corrected chi connectivity index (χ2v) is 9.47. The maximum atomic E-state index is 12.6. The van der Waals surface area contributed by atoms with Crippen LogP contribution in [0.15, 0.2) is 76.5 Å². The van der Waals surface area contributed by atoms with Crippen LogP contribution < -0.4 is 4.72 Å². The monoisotopic (exact) mass is 375 g/mol. The minimum absolute atomic E-state index is 0.00971. The minimum Gasteiger partial charge on any atom is -0.279 e. The Morgan fingerprint density at radius 1 is 0.760 bits per heavy atom. The molecule has 25 heavy (non-hydrogen) atoms. The molecule has 5 nitrogen and oxygen atoms in total. The maximum absolute atomic E-state index is 12.6. The molecule has 0 aromatic heterocycles. The fourth-order valence-corrected chi connectivity index (χ4v) is 4.47. The molecule has 3 rings (SSSR count). The Morgan fingerprint density at radius 2 is 1.36 bits per heavy atom. The first-order chi connectivity index (χ1) is 11.8. The van der Waals surface area contributed by atoms with Gasteiger partial charge in [-0.05, 0) is 35.7 Å². The average Bonchev–Trinajstić information content (AvgIpc) is 2.62. The third-order valence-electron chi connectivity index (χ3n) is 3.91. The molecule has 0 heterocycles. The van der Waals surface area contributed by atoms with Gasteiger partial charge in [-0.25, -0.2) is 16.8 Å². The van der Waals surface area contributed by atoms with Gasteiger partial charge in [-0.3, -0.25) is 4.72 Å². The molecule has 0 spiro atoms. The van der Waals surface area contributed by atoms with Crippen LogP contribution in [0.1, 0.15) is 6.92 Å². The van der Waals surface area contributed by atoms with Gasteiger partial charge in [0.1, 0.15) is 0 Å². The summed E-state index contributed by atoms with van der Waals surface area (Å²) in [7, 11) is -7.18. The molecule has 0 fully saturated rings. The Labute approximate surface area is 147 Å². The van der Waals surface area contributed by atoms with E-state index in [1.54, 1.807) is 19.1 Å². The van der Waals surface area contributed by atoms with Gasteiger partial charge in [0, 0.05) is 5.39 Å². The summed E-state index contributed by atoms with van der Waals surface area (Å²) in [5.41, 5.74) is 0.475. The zero-order chi connectivity index (χ0) is 18.1. The number of nitrogens with one attached hydrogen (secondary N) is 1. The first kappa shape index (κ1) is 17.4. The summed E-state index contributed by atoms with van der Waals surface area (Å²) in [4.78, 5) is 0.120. The number of rotatable bonds is 5. The summed E-state index contributed by atoms with van der Waals surface area (Å²) in [5.74, 6) is -0.0344. The Kier molecular flexibility index (Phi) is 4.53. The number of hydrogen-bond donors (Lipinski definition) is 1. The smallest absolute Gasteiger partial charge is 0.261 e. The second-order valence-electron chi connectivity index (χ2n) is 5.51. The van der Waals surface area contributed by atoms with Crippen LogP contribution in [0.3, 0.4) is 0 Å². The second kappa shape index (κ2) is 6.50. The van der Waals surface area contributed by atoms with Crippen molar-refractivity contribution in [3.63, 3.8) is 0 Å². The molecule has 0 amide bonds. The maximum Gasteiger partial charge on any atom is 0.261 e. The Balaban J connectivity index is 1.97. The van der Waals surface area contributed by atoms with Crippen LogP contribution in [-0.2, 0) is 19.9 Å². The van der Waals surface area contributed by atoms with Crippen LogP contribution in [0.2, 0.25) is 0 Å². The Hall–Kier alpha value is -2.38. The van der Waals surface area contributed by atoms with Crippen molar-refractivity contribution in [1.29, 1.82) is 0 Å². The number of fused-ring (bicyclic) bond motifs is 1. The average molecular weight is 375 g/mol. The molecule has 0 bridgehead atoms. The fraction of sp³-hybridized carbons (Fsp3) is 0.111. The topological polar surface area (TPSA) is 80.3 Å². The molecule has 0 atom stereocenters. The van der Waals surface area contributed by atoms with Crippen LogP contribution in [0.25, 0.3) is 10.8 Å². The molecule has 0 saturated heterocycles. The molecule has 7 heteroatoms. The summed E-state index contributed by atoms with van der Waals surface area (Å²) in [6.45, 7) is 1.54. The highest BCUT2D eigenvalue weighted by Crippen LogP contribution is 2.26. The third kappa shape index (κ3) is 3.52. The van der Waals surface area contributed by atoms with Gasteiger partial charge in [-0.2, -0.15) is 0 Å². The van der Waals surface area contributed by atoms with Gasteiger partial charge >= 0.3 is 0 Å². The number of sulfone groups is 1. The van der Waals surface area contributed by atoms with Gasteiger partial charge < -0.3 is 0 Å². The number of anilines is 1. The fourth-order valence-electron chi connectivity index (χ4n) is 2.51. The van der Waals surface area contributed by atoms with Crippen molar-refractivity contribution in [1.82, 2.24) is 0 Å². The van der Waals surface area contributed by atoms with Crippen molar-refractivity contribution >= 4 is 36.3 Å². The highest BCUT2D eigenvalue weighted by molar-refractivity contribution is 7.93. The number of hydrogen-bond acceptors (Lipinski definition) is 4. The summed E-state index contributed by atoms with van der Waals surface area (Å²) < 4.78 is 51.5. The van der Waals surface area contributed by atoms with Crippen LogP contribution in [0, 0.1) is 0 Å². The summed E-state index contributed by atoms with van der Waals surface area (Å²) in [6, 6.07) is 18.1. The van der Waals surface area contributed by atoms with Gasteiger partial charge in [-0.1, -0.05) is 43.3 Å². The lowest BCUT2D eigenvalue weighted by molar-refractivity contribution is 0.595. The highest BCUT2D eigenvalue weighted by atomic mass is 32.2. The van der Waals surface area contributed by atoms with Crippen LogP contribution in [-0.4, -0.2) is 22.6 Å². The summed E-state index contributed by atoms with van der Waals surface area (Å²) in [5, 5.41) is 1.71. The molecule has 0 radical (unpaired) electrons. The minimum atomic E-state index is -3.82. The van der Waals surface area contributed by atoms with Gasteiger partial charge in [0.25, 0.3) is 10.0 Å². The van der Waals surface area contributed by atoms with Gasteiger partial charge in [-0.15, -0.1) is 0 Å². The van der Waals surface area contributed by atoms with E-state index in [1.807, 2.05) is 30.3 Å². The lowest BCUT2D eigenvalue weighted by atomic mass is 10.1. The van der Waals surface area contributed by atoms with E-state index in [-0.39, 0.29) is 15.5 Å². The van der Waals surface area contributed by atoms with Crippen molar-refractivity contribution in [2.45, 2.75) is 16.7 Å². The van der Waals surface area contributed by atoms with Crippen molar-refractivity contribution in [2.75, 3.05) is 10.5 Å². The zero-order valence-electron chi connectivity index (χ0n) is 13.5. The van der Waals surface area contributed by atoms with Crippen molar-refractivity contribution < 1.29 is 16.8 Å². The number of sulfonamides is 1. The van der Waals surface area contributed by atoms with E-state index in [0.717, 1.165) is 10.8 Å². The molecule has 3 aromatic carbocycles. The standard InChI is InChI=1S/C18H17NO4S2/c1-2-24(20,21)15-10-12-16(13-11-15)25(22,23)19-18-9-5-7-14-6-3-4-8-17(14)18/h3-13,19H,2H2,1H3. The zero-order valence-corrected chi connectivity index (χ0v) is 15.1. The van der Waals surface area contributed by atoms with E-state index in [9.17, 15) is 16.8 Å². The predicted octanol–water partition coefficient (Wildman–Crippen LogP) is 3.43. The largest absolute Gasteiger partial charge is 0.279 e. The van der Waals surface area contributed by atoms with E-state index in [2.05, 4.69) is 4.72 Å². The Morgan fingerprint density at radius 3 is 2.04 bits per heavy atom. The van der Waals surface area contributed by atoms with E-state index in [0.29, 0.717) is 5.69 Å². The molecule has 1 N–H and O–H groups in total. The molecule has 0 saturated carbocycles. The lowest BCUT2D eigenvalue weighted by Gasteiger charge is -2.11. The Bertz CT molecular complexity index is 1110. The molecular formula is C18H17NO4S2. The van der Waals surface area contributed by atoms with E-state index < -0.39 is 19.9 Å². The van der Waals surface area contributed by atoms with Crippen LogP contribution in [0.4, 0.5) is 5.69 Å². The molecule has 130 valence electrons. The number of benzene rings is 3. The summed E-state index contributed by atoms with van der Waals surface area (Å²) in [6.07, 6.45) is 0. The van der Waals surface area contributed by atoms with Gasteiger partial charge in [0.05, 0.1) is 21.2 Å². The van der Waals surface area contributed by atoms with Crippen molar-refractivity contribution in [3.8, 4) is 0 Å². The van der Waals surface area contributed by atoms with E-state index >= 15 is 0 Å². The highest BCUT2D eigenvalue weighted by Gasteiger charge is 2.17. The van der Waals surface area contributed by atoms with E-state index in [4.69, 9.17) is 0 Å².